The minimum Gasteiger partial charge on any atom is -0.480 e. The molecule has 212 valence electrons. The third-order valence-electron chi connectivity index (χ3n) is 5.01. The van der Waals surface area contributed by atoms with Crippen LogP contribution in [0.25, 0.3) is 0 Å². The Bertz CT molecular complexity index is 987. The van der Waals surface area contributed by atoms with Crippen LogP contribution in [0.3, 0.4) is 0 Å². The number of nitrogens with zero attached hydrogens (tertiary/aromatic N) is 1. The third-order valence-corrected chi connectivity index (χ3v) is 8.29. The van der Waals surface area contributed by atoms with Crippen molar-refractivity contribution in [1.29, 1.82) is 0 Å². The third kappa shape index (κ3) is 15.2. The second-order valence-corrected chi connectivity index (χ2v) is 23.8. The molecule has 0 saturated carbocycles. The number of nitrogens with two attached hydrogens (primary N) is 1. The fourth-order valence-corrected chi connectivity index (χ4v) is 6.45. The summed E-state index contributed by atoms with van der Waals surface area (Å²) in [5.41, 5.74) is 7.67. The van der Waals surface area contributed by atoms with Gasteiger partial charge in [0.05, 0.1) is 5.71 Å². The molecule has 0 aliphatic rings. The number of carbonyl (C=O) groups is 2. The summed E-state index contributed by atoms with van der Waals surface area (Å²) in [7, 11) is -2.82. The molecule has 0 aromatic heterocycles. The van der Waals surface area contributed by atoms with E-state index in [0.29, 0.717) is 6.04 Å². The molecule has 2 aromatic carbocycles. The van der Waals surface area contributed by atoms with Gasteiger partial charge in [-0.05, 0) is 32.9 Å². The van der Waals surface area contributed by atoms with Crippen molar-refractivity contribution in [2.24, 2.45) is 10.7 Å². The highest BCUT2D eigenvalue weighted by Crippen LogP contribution is 2.21. The van der Waals surface area contributed by atoms with Crippen molar-refractivity contribution in [3.63, 3.8) is 0 Å². The highest BCUT2D eigenvalue weighted by Gasteiger charge is 2.30. The predicted octanol–water partition coefficient (Wildman–Crippen LogP) is 6.73. The van der Waals surface area contributed by atoms with Crippen molar-refractivity contribution in [3.8, 4) is 0 Å². The smallest absolute Gasteiger partial charge is 0.331 e. The number of rotatable bonds is 9. The fourth-order valence-electron chi connectivity index (χ4n) is 3.54. The van der Waals surface area contributed by atoms with Crippen LogP contribution in [0, 0.1) is 0 Å². The SMILES string of the molecule is CC(C)(C)OC(=O)[C@@H](C[Si](C)(C)C)N=C(c1ccccc1)c1ccccc1.C[Si](C)(C)C[C@@H](N)C(=O)O.Cl. The molecule has 0 fully saturated rings. The Hall–Kier alpha value is -2.27. The van der Waals surface area contributed by atoms with Crippen molar-refractivity contribution in [2.75, 3.05) is 0 Å². The van der Waals surface area contributed by atoms with Gasteiger partial charge in [-0.3, -0.25) is 9.79 Å². The maximum atomic E-state index is 12.9. The van der Waals surface area contributed by atoms with Crippen LogP contribution in [-0.2, 0) is 14.3 Å². The van der Waals surface area contributed by atoms with Crippen LogP contribution < -0.4 is 5.73 Å². The number of carbonyl (C=O) groups excluding carboxylic acids is 1. The van der Waals surface area contributed by atoms with E-state index >= 15 is 0 Å². The molecule has 2 atom stereocenters. The lowest BCUT2D eigenvalue weighted by Crippen LogP contribution is -2.37. The van der Waals surface area contributed by atoms with Crippen molar-refractivity contribution in [2.45, 2.75) is 89.8 Å². The topological polar surface area (TPSA) is 102 Å². The van der Waals surface area contributed by atoms with E-state index in [0.717, 1.165) is 22.9 Å². The molecule has 3 N–H and O–H groups in total. The molecule has 0 heterocycles. The number of benzene rings is 2. The maximum absolute atomic E-state index is 12.9. The molecule has 0 spiro atoms. The Morgan fingerprint density at radius 2 is 1.24 bits per heavy atom. The summed E-state index contributed by atoms with van der Waals surface area (Å²) in [4.78, 5) is 28.2. The first-order chi connectivity index (χ1) is 16.9. The van der Waals surface area contributed by atoms with Gasteiger partial charge in [0.15, 0.2) is 0 Å². The van der Waals surface area contributed by atoms with Crippen LogP contribution in [0.2, 0.25) is 51.4 Å². The normalized spacial score (nSPS) is 13.1. The van der Waals surface area contributed by atoms with Gasteiger partial charge in [-0.2, -0.15) is 0 Å². The number of hydrogen-bond acceptors (Lipinski definition) is 5. The van der Waals surface area contributed by atoms with Gasteiger partial charge < -0.3 is 15.6 Å². The van der Waals surface area contributed by atoms with E-state index in [1.165, 1.54) is 0 Å². The Labute approximate surface area is 237 Å². The molecule has 0 saturated heterocycles. The summed E-state index contributed by atoms with van der Waals surface area (Å²) >= 11 is 0. The zero-order chi connectivity index (χ0) is 28.4. The lowest BCUT2D eigenvalue weighted by atomic mass is 10.0. The van der Waals surface area contributed by atoms with Crippen LogP contribution >= 0.6 is 12.4 Å². The highest BCUT2D eigenvalue weighted by molar-refractivity contribution is 6.76. The van der Waals surface area contributed by atoms with E-state index in [1.54, 1.807) is 0 Å². The van der Waals surface area contributed by atoms with Gasteiger partial charge >= 0.3 is 11.9 Å². The predicted molar refractivity (Wildman–Crippen MR) is 167 cm³/mol. The van der Waals surface area contributed by atoms with E-state index < -0.39 is 39.8 Å². The van der Waals surface area contributed by atoms with Gasteiger partial charge in [0.25, 0.3) is 0 Å². The van der Waals surface area contributed by atoms with E-state index in [-0.39, 0.29) is 18.4 Å². The molecule has 38 heavy (non-hydrogen) atoms. The molecule has 0 aliphatic heterocycles. The molecular weight excluding hydrogens is 532 g/mol. The second-order valence-electron chi connectivity index (χ2n) is 12.7. The standard InChI is InChI=1S/C23H31NO2Si.C6H15NO2Si.ClH/c1-23(2,3)26-22(25)20(17-27(4,5)6)24-21(18-13-9-7-10-14-18)19-15-11-8-12-16-19;1-10(2,3)4-5(7)6(8)9;/h7-16,20H,17H2,1-6H3;5H,4,7H2,1-3H3,(H,8,9);1H/t20-;5-;/m11./s1. The minimum atomic E-state index is -1.54. The summed E-state index contributed by atoms with van der Waals surface area (Å²) in [5, 5.41) is 8.44. The molecule has 2 rings (SSSR count). The van der Waals surface area contributed by atoms with E-state index in [1.807, 2.05) is 81.4 Å². The van der Waals surface area contributed by atoms with Crippen molar-refractivity contribution in [3.05, 3.63) is 71.8 Å². The lowest BCUT2D eigenvalue weighted by molar-refractivity contribution is -0.155. The number of carboxylic acid groups (broad SMARTS) is 1. The summed E-state index contributed by atoms with van der Waals surface area (Å²) < 4.78 is 5.69. The zero-order valence-electron chi connectivity index (χ0n) is 24.4. The van der Waals surface area contributed by atoms with Gasteiger partial charge in [0.2, 0.25) is 0 Å². The minimum absolute atomic E-state index is 0. The van der Waals surface area contributed by atoms with Crippen LogP contribution in [0.4, 0.5) is 0 Å². The number of aliphatic carboxylic acids is 1. The molecule has 0 amide bonds. The number of hydrogen-bond donors (Lipinski definition) is 2. The molecule has 0 bridgehead atoms. The number of ether oxygens (including phenoxy) is 1. The van der Waals surface area contributed by atoms with Gasteiger partial charge in [0, 0.05) is 27.3 Å². The summed E-state index contributed by atoms with van der Waals surface area (Å²) in [6, 6.07) is 20.3. The Kier molecular flexibility index (Phi) is 14.4. The first kappa shape index (κ1) is 35.7. The van der Waals surface area contributed by atoms with Gasteiger partial charge in [-0.15, -0.1) is 12.4 Å². The van der Waals surface area contributed by atoms with E-state index in [9.17, 15) is 9.59 Å². The number of aliphatic imine (C=N–C) groups is 1. The van der Waals surface area contributed by atoms with Crippen LogP contribution in [-0.4, -0.2) is 56.6 Å². The Morgan fingerprint density at radius 1 is 0.842 bits per heavy atom. The molecule has 0 unspecified atom stereocenters. The summed E-state index contributed by atoms with van der Waals surface area (Å²) in [5.74, 6) is -1.13. The monoisotopic (exact) mass is 578 g/mol. The first-order valence-corrected chi connectivity index (χ1v) is 20.2. The van der Waals surface area contributed by atoms with E-state index in [4.69, 9.17) is 20.6 Å². The van der Waals surface area contributed by atoms with E-state index in [2.05, 4.69) is 39.3 Å². The highest BCUT2D eigenvalue weighted by atomic mass is 35.5. The number of halogens is 1. The van der Waals surface area contributed by atoms with Crippen LogP contribution in [0.15, 0.2) is 65.7 Å². The summed E-state index contributed by atoms with van der Waals surface area (Å²) in [6.45, 7) is 18.8. The van der Waals surface area contributed by atoms with Crippen LogP contribution in [0.1, 0.15) is 31.9 Å². The average molecular weight is 579 g/mol. The number of carboxylic acids is 1. The second kappa shape index (κ2) is 15.4. The molecular formula is C29H47ClN2O4Si2. The van der Waals surface area contributed by atoms with Gasteiger partial charge in [-0.25, -0.2) is 4.79 Å². The van der Waals surface area contributed by atoms with Crippen molar-refractivity contribution >= 4 is 46.2 Å². The molecule has 2 aromatic rings. The van der Waals surface area contributed by atoms with Gasteiger partial charge in [-0.1, -0.05) is 99.9 Å². The zero-order valence-corrected chi connectivity index (χ0v) is 27.3. The Balaban J connectivity index is 0.00000106. The lowest BCUT2D eigenvalue weighted by Gasteiger charge is -2.26. The average Bonchev–Trinajstić information content (AvgIpc) is 2.75. The number of esters is 1. The Morgan fingerprint density at radius 3 is 1.53 bits per heavy atom. The molecule has 6 nitrogen and oxygen atoms in total. The van der Waals surface area contributed by atoms with Crippen molar-refractivity contribution in [1.82, 2.24) is 0 Å². The molecule has 0 aliphatic carbocycles. The van der Waals surface area contributed by atoms with Crippen molar-refractivity contribution < 1.29 is 19.4 Å². The molecule has 9 heteroatoms. The molecule has 0 radical (unpaired) electrons. The largest absolute Gasteiger partial charge is 0.480 e. The first-order valence-electron chi connectivity index (χ1n) is 12.8. The maximum Gasteiger partial charge on any atom is 0.331 e. The summed E-state index contributed by atoms with van der Waals surface area (Å²) in [6.07, 6.45) is 0. The van der Waals surface area contributed by atoms with Gasteiger partial charge in [0.1, 0.15) is 17.7 Å². The fraction of sp³-hybridized carbons (Fsp3) is 0.483. The van der Waals surface area contributed by atoms with Crippen LogP contribution in [0.5, 0.6) is 0 Å². The quantitative estimate of drug-likeness (QED) is 0.195.